The number of hydrogen-bond donors (Lipinski definition) is 2. The van der Waals surface area contributed by atoms with E-state index in [1.165, 1.54) is 10.4 Å². The Morgan fingerprint density at radius 3 is 2.78 bits per heavy atom. The maximum atomic E-state index is 12.0. The van der Waals surface area contributed by atoms with Crippen LogP contribution in [0.15, 0.2) is 6.07 Å². The number of carbonyl (C=O) groups is 1. The Morgan fingerprint density at radius 2 is 2.22 bits per heavy atom. The van der Waals surface area contributed by atoms with Gasteiger partial charge in [-0.3, -0.25) is 4.79 Å². The Morgan fingerprint density at radius 1 is 1.50 bits per heavy atom. The summed E-state index contributed by atoms with van der Waals surface area (Å²) in [5.41, 5.74) is 1.29. The van der Waals surface area contributed by atoms with Crippen molar-refractivity contribution >= 4 is 17.2 Å². The van der Waals surface area contributed by atoms with Gasteiger partial charge in [0.25, 0.3) is 5.91 Å². The first-order valence-corrected chi connectivity index (χ1v) is 7.44. The first kappa shape index (κ1) is 15.2. The number of carbonyl (C=O) groups excluding carboxylic acids is 1. The highest BCUT2D eigenvalue weighted by Crippen LogP contribution is 2.24. The van der Waals surface area contributed by atoms with Crippen LogP contribution in [0.25, 0.3) is 0 Å². The summed E-state index contributed by atoms with van der Waals surface area (Å²) in [5.74, 6) is 0.0898. The fourth-order valence-electron chi connectivity index (χ4n) is 1.73. The monoisotopic (exact) mass is 269 g/mol. The third-order valence-corrected chi connectivity index (χ3v) is 4.14. The summed E-state index contributed by atoms with van der Waals surface area (Å²) in [7, 11) is 0. The maximum absolute atomic E-state index is 12.0. The molecule has 4 heteroatoms. The number of thiophene rings is 1. The lowest BCUT2D eigenvalue weighted by molar-refractivity contribution is 0.0946. The fraction of sp³-hybridized carbons (Fsp3) is 0.643. The minimum absolute atomic E-state index is 0.0163. The van der Waals surface area contributed by atoms with Crippen LogP contribution in [0.3, 0.4) is 0 Å². The molecule has 0 saturated carbocycles. The summed E-state index contributed by atoms with van der Waals surface area (Å²) in [6, 6.07) is 2.01. The molecule has 0 spiro atoms. The maximum Gasteiger partial charge on any atom is 0.261 e. The van der Waals surface area contributed by atoms with Gasteiger partial charge in [0.15, 0.2) is 0 Å². The minimum Gasteiger partial charge on any atom is -0.396 e. The molecule has 1 rings (SSSR count). The summed E-state index contributed by atoms with van der Waals surface area (Å²) < 4.78 is 0. The molecule has 1 heterocycles. The summed E-state index contributed by atoms with van der Waals surface area (Å²) >= 11 is 1.60. The molecule has 0 aliphatic carbocycles. The number of aryl methyl sites for hydroxylation is 2. The molecule has 2 N–H and O–H groups in total. The Labute approximate surface area is 113 Å². The highest BCUT2D eigenvalue weighted by Gasteiger charge is 2.13. The van der Waals surface area contributed by atoms with Gasteiger partial charge in [-0.2, -0.15) is 0 Å². The van der Waals surface area contributed by atoms with Crippen molar-refractivity contribution in [2.45, 2.75) is 40.0 Å². The van der Waals surface area contributed by atoms with Gasteiger partial charge in [0.2, 0.25) is 0 Å². The van der Waals surface area contributed by atoms with E-state index < -0.39 is 0 Å². The van der Waals surface area contributed by atoms with Gasteiger partial charge in [-0.1, -0.05) is 27.2 Å². The predicted molar refractivity (Wildman–Crippen MR) is 76.3 cm³/mol. The first-order chi connectivity index (χ1) is 8.62. The molecule has 1 aromatic heterocycles. The molecule has 18 heavy (non-hydrogen) atoms. The molecule has 1 amide bonds. The second-order valence-corrected chi connectivity index (χ2v) is 5.80. The van der Waals surface area contributed by atoms with Crippen molar-refractivity contribution in [3.8, 4) is 0 Å². The zero-order valence-electron chi connectivity index (χ0n) is 11.5. The highest BCUT2D eigenvalue weighted by atomic mass is 32.1. The largest absolute Gasteiger partial charge is 0.396 e. The molecule has 0 saturated heterocycles. The summed E-state index contributed by atoms with van der Waals surface area (Å²) in [5, 5.41) is 11.8. The Balaban J connectivity index is 2.68. The summed E-state index contributed by atoms with van der Waals surface area (Å²) in [6.07, 6.45) is 3.14. The molecule has 1 unspecified atom stereocenters. The smallest absolute Gasteiger partial charge is 0.261 e. The molecule has 1 aromatic rings. The predicted octanol–water partition coefficient (Wildman–Crippen LogP) is 2.62. The minimum atomic E-state index is -0.0163. The fourth-order valence-corrected chi connectivity index (χ4v) is 3.01. The molecule has 0 aliphatic heterocycles. The Kier molecular flexibility index (Phi) is 6.36. The summed E-state index contributed by atoms with van der Waals surface area (Å²) in [6.45, 7) is 6.82. The van der Waals surface area contributed by atoms with Gasteiger partial charge >= 0.3 is 0 Å². The van der Waals surface area contributed by atoms with Crippen molar-refractivity contribution in [2.24, 2.45) is 5.92 Å². The van der Waals surface area contributed by atoms with Gasteiger partial charge in [0, 0.05) is 18.0 Å². The van der Waals surface area contributed by atoms with Crippen LogP contribution in [0.2, 0.25) is 0 Å². The Hall–Kier alpha value is -0.870. The molecule has 0 fully saturated rings. The Bertz CT molecular complexity index is 387. The molecule has 1 atom stereocenters. The molecule has 102 valence electrons. The number of nitrogens with one attached hydrogen (secondary N) is 1. The van der Waals surface area contributed by atoms with Crippen molar-refractivity contribution in [2.75, 3.05) is 13.2 Å². The van der Waals surface area contributed by atoms with E-state index in [1.807, 2.05) is 13.0 Å². The number of aliphatic hydroxyl groups excluding tert-OH is 1. The van der Waals surface area contributed by atoms with Gasteiger partial charge in [-0.15, -0.1) is 11.3 Å². The lowest BCUT2D eigenvalue weighted by atomic mass is 10.1. The molecule has 0 bridgehead atoms. The van der Waals surface area contributed by atoms with Gasteiger partial charge in [-0.25, -0.2) is 0 Å². The third-order valence-electron chi connectivity index (χ3n) is 2.90. The quantitative estimate of drug-likeness (QED) is 0.799. The van der Waals surface area contributed by atoms with Crippen LogP contribution >= 0.6 is 11.3 Å². The van der Waals surface area contributed by atoms with Gasteiger partial charge in [0.1, 0.15) is 0 Å². The average molecular weight is 269 g/mol. The number of hydrogen-bond acceptors (Lipinski definition) is 3. The normalized spacial score (nSPS) is 12.4. The van der Waals surface area contributed by atoms with Crippen molar-refractivity contribution in [3.05, 3.63) is 21.4 Å². The highest BCUT2D eigenvalue weighted by molar-refractivity contribution is 7.14. The number of rotatable bonds is 7. The summed E-state index contributed by atoms with van der Waals surface area (Å²) in [4.78, 5) is 14.1. The molecule has 0 aliphatic rings. The van der Waals surface area contributed by atoms with Crippen molar-refractivity contribution in [1.29, 1.82) is 0 Å². The van der Waals surface area contributed by atoms with Gasteiger partial charge in [-0.05, 0) is 30.4 Å². The van der Waals surface area contributed by atoms with Crippen molar-refractivity contribution in [1.82, 2.24) is 5.32 Å². The number of aliphatic hydroxyl groups is 1. The second kappa shape index (κ2) is 7.54. The van der Waals surface area contributed by atoms with E-state index in [9.17, 15) is 4.79 Å². The van der Waals surface area contributed by atoms with Crippen LogP contribution in [0.1, 0.15) is 47.3 Å². The molecule has 3 nitrogen and oxygen atoms in total. The van der Waals surface area contributed by atoms with E-state index >= 15 is 0 Å². The lowest BCUT2D eigenvalue weighted by Crippen LogP contribution is -2.28. The van der Waals surface area contributed by atoms with E-state index in [0.29, 0.717) is 6.54 Å². The van der Waals surface area contributed by atoms with E-state index in [-0.39, 0.29) is 18.4 Å². The second-order valence-electron chi connectivity index (χ2n) is 4.66. The zero-order valence-corrected chi connectivity index (χ0v) is 12.3. The van der Waals surface area contributed by atoms with E-state index in [0.717, 1.165) is 24.1 Å². The van der Waals surface area contributed by atoms with Gasteiger partial charge < -0.3 is 10.4 Å². The number of amides is 1. The third kappa shape index (κ3) is 4.10. The molecular formula is C14H23NO2S. The lowest BCUT2D eigenvalue weighted by Gasteiger charge is -2.08. The molecule has 0 aromatic carbocycles. The van der Waals surface area contributed by atoms with Crippen LogP contribution in [0.4, 0.5) is 0 Å². The zero-order chi connectivity index (χ0) is 13.5. The van der Waals surface area contributed by atoms with E-state index in [4.69, 9.17) is 5.11 Å². The van der Waals surface area contributed by atoms with Crippen LogP contribution < -0.4 is 5.32 Å². The average Bonchev–Trinajstić information content (AvgIpc) is 2.79. The van der Waals surface area contributed by atoms with Crippen LogP contribution in [-0.4, -0.2) is 24.2 Å². The standard InChI is InChI=1S/C14H23NO2S/c1-4-6-12-11(5-2)7-13(18-12)14(17)15-8-10(3)9-16/h7,10,16H,4-6,8-9H2,1-3H3,(H,15,17). The van der Waals surface area contributed by atoms with Crippen molar-refractivity contribution in [3.63, 3.8) is 0 Å². The molecular weight excluding hydrogens is 246 g/mol. The van der Waals surface area contributed by atoms with E-state index in [1.54, 1.807) is 11.3 Å². The van der Waals surface area contributed by atoms with Crippen LogP contribution in [-0.2, 0) is 12.8 Å². The van der Waals surface area contributed by atoms with E-state index in [2.05, 4.69) is 19.2 Å². The first-order valence-electron chi connectivity index (χ1n) is 6.62. The SMILES string of the molecule is CCCc1sc(C(=O)NCC(C)CO)cc1CC. The molecule has 0 radical (unpaired) electrons. The van der Waals surface area contributed by atoms with Crippen LogP contribution in [0, 0.1) is 5.92 Å². The van der Waals surface area contributed by atoms with Crippen LogP contribution in [0.5, 0.6) is 0 Å². The van der Waals surface area contributed by atoms with Crippen molar-refractivity contribution < 1.29 is 9.90 Å². The topological polar surface area (TPSA) is 49.3 Å². The van der Waals surface area contributed by atoms with Gasteiger partial charge in [0.05, 0.1) is 4.88 Å².